The SMILES string of the molecule is CCCOC1=C(Br)C2OC2(C=O)C=C1. The normalized spacial score (nSPS) is 34.0. The fraction of sp³-hybridized carbons (Fsp3) is 0.500. The van der Waals surface area contributed by atoms with Crippen LogP contribution >= 0.6 is 15.9 Å². The zero-order valence-corrected chi connectivity index (χ0v) is 9.41. The number of carbonyl (C=O) groups is 1. The van der Waals surface area contributed by atoms with Gasteiger partial charge in [0.05, 0.1) is 11.1 Å². The molecule has 1 aliphatic carbocycles. The average Bonchev–Trinajstić information content (AvgIpc) is 2.94. The Morgan fingerprint density at radius 1 is 1.79 bits per heavy atom. The number of epoxide rings is 1. The fourth-order valence-electron chi connectivity index (χ4n) is 1.42. The molecule has 4 heteroatoms. The van der Waals surface area contributed by atoms with Crippen molar-refractivity contribution >= 4 is 22.2 Å². The number of fused-ring (bicyclic) bond motifs is 1. The van der Waals surface area contributed by atoms with Crippen molar-refractivity contribution in [2.45, 2.75) is 25.0 Å². The smallest absolute Gasteiger partial charge is 0.173 e. The van der Waals surface area contributed by atoms with Gasteiger partial charge >= 0.3 is 0 Å². The molecule has 0 bridgehead atoms. The summed E-state index contributed by atoms with van der Waals surface area (Å²) in [5.74, 6) is 0.770. The van der Waals surface area contributed by atoms with Crippen LogP contribution in [0.5, 0.6) is 0 Å². The van der Waals surface area contributed by atoms with Crippen LogP contribution in [0.3, 0.4) is 0 Å². The van der Waals surface area contributed by atoms with E-state index in [9.17, 15) is 4.79 Å². The number of rotatable bonds is 4. The molecule has 3 nitrogen and oxygen atoms in total. The van der Waals surface area contributed by atoms with Crippen molar-refractivity contribution < 1.29 is 14.3 Å². The highest BCUT2D eigenvalue weighted by Crippen LogP contribution is 2.47. The van der Waals surface area contributed by atoms with Gasteiger partial charge in [0.2, 0.25) is 0 Å². The quantitative estimate of drug-likeness (QED) is 0.572. The minimum absolute atomic E-state index is 0.170. The first-order chi connectivity index (χ1) is 6.73. The molecule has 1 aliphatic heterocycles. The summed E-state index contributed by atoms with van der Waals surface area (Å²) in [4.78, 5) is 10.7. The molecule has 2 rings (SSSR count). The summed E-state index contributed by atoms with van der Waals surface area (Å²) in [6.07, 6.45) is 5.16. The molecule has 0 aromatic heterocycles. The lowest BCUT2D eigenvalue weighted by Gasteiger charge is -2.11. The zero-order chi connectivity index (χ0) is 10.2. The predicted octanol–water partition coefficient (Wildman–Crippen LogP) is 1.93. The summed E-state index contributed by atoms with van der Waals surface area (Å²) in [6, 6.07) is 0. The second-order valence-electron chi connectivity index (χ2n) is 3.36. The van der Waals surface area contributed by atoms with Crippen LogP contribution in [0.2, 0.25) is 0 Å². The number of aldehydes is 1. The fourth-order valence-corrected chi connectivity index (χ4v) is 2.12. The van der Waals surface area contributed by atoms with Crippen LogP contribution in [0, 0.1) is 0 Å². The first-order valence-electron chi connectivity index (χ1n) is 4.59. The molecular formula is C10H11BrO3. The largest absolute Gasteiger partial charge is 0.493 e. The van der Waals surface area contributed by atoms with Crippen LogP contribution in [0.1, 0.15) is 13.3 Å². The van der Waals surface area contributed by atoms with Gasteiger partial charge in [0.1, 0.15) is 11.9 Å². The molecule has 76 valence electrons. The van der Waals surface area contributed by atoms with E-state index in [4.69, 9.17) is 9.47 Å². The van der Waals surface area contributed by atoms with Gasteiger partial charge in [-0.3, -0.25) is 4.79 Å². The molecule has 0 aromatic carbocycles. The van der Waals surface area contributed by atoms with Gasteiger partial charge in [-0.1, -0.05) is 6.92 Å². The molecule has 0 radical (unpaired) electrons. The third kappa shape index (κ3) is 1.42. The van der Waals surface area contributed by atoms with Gasteiger partial charge in [0.15, 0.2) is 11.9 Å². The van der Waals surface area contributed by atoms with E-state index in [0.717, 1.165) is 22.9 Å². The van der Waals surface area contributed by atoms with Gasteiger partial charge in [-0.15, -0.1) is 0 Å². The van der Waals surface area contributed by atoms with Crippen molar-refractivity contribution in [3.63, 3.8) is 0 Å². The second kappa shape index (κ2) is 3.51. The third-order valence-electron chi connectivity index (χ3n) is 2.28. The van der Waals surface area contributed by atoms with Crippen molar-refractivity contribution in [3.05, 3.63) is 22.4 Å². The van der Waals surface area contributed by atoms with Crippen molar-refractivity contribution in [1.29, 1.82) is 0 Å². The monoisotopic (exact) mass is 258 g/mol. The number of carbonyl (C=O) groups excluding carboxylic acids is 1. The van der Waals surface area contributed by atoms with Crippen LogP contribution < -0.4 is 0 Å². The van der Waals surface area contributed by atoms with E-state index in [1.807, 2.05) is 6.92 Å². The van der Waals surface area contributed by atoms with Crippen LogP contribution in [-0.4, -0.2) is 24.6 Å². The lowest BCUT2D eigenvalue weighted by atomic mass is 10.0. The molecule has 0 N–H and O–H groups in total. The van der Waals surface area contributed by atoms with E-state index in [2.05, 4.69) is 15.9 Å². The summed E-state index contributed by atoms with van der Waals surface area (Å²) in [6.45, 7) is 2.72. The molecule has 0 aromatic rings. The molecule has 1 heterocycles. The first-order valence-corrected chi connectivity index (χ1v) is 5.38. The lowest BCUT2D eigenvalue weighted by Crippen LogP contribution is -2.17. The first kappa shape index (κ1) is 9.93. The van der Waals surface area contributed by atoms with E-state index in [1.54, 1.807) is 12.2 Å². The minimum Gasteiger partial charge on any atom is -0.493 e. The zero-order valence-electron chi connectivity index (χ0n) is 7.83. The Bertz CT molecular complexity index is 321. The Morgan fingerprint density at radius 3 is 3.21 bits per heavy atom. The molecule has 0 spiro atoms. The second-order valence-corrected chi connectivity index (χ2v) is 4.22. The van der Waals surface area contributed by atoms with E-state index >= 15 is 0 Å². The maximum absolute atomic E-state index is 10.7. The van der Waals surface area contributed by atoms with Gasteiger partial charge in [-0.2, -0.15) is 0 Å². The lowest BCUT2D eigenvalue weighted by molar-refractivity contribution is -0.110. The van der Waals surface area contributed by atoms with Gasteiger partial charge in [0, 0.05) is 0 Å². The number of ether oxygens (including phenoxy) is 2. The van der Waals surface area contributed by atoms with Crippen molar-refractivity contribution in [2.24, 2.45) is 0 Å². The molecule has 1 fully saturated rings. The Balaban J connectivity index is 2.11. The van der Waals surface area contributed by atoms with Crippen LogP contribution in [0.15, 0.2) is 22.4 Å². The Hall–Kier alpha value is -0.610. The predicted molar refractivity (Wildman–Crippen MR) is 55.0 cm³/mol. The van der Waals surface area contributed by atoms with Crippen molar-refractivity contribution in [1.82, 2.24) is 0 Å². The number of hydrogen-bond donors (Lipinski definition) is 0. The average molecular weight is 259 g/mol. The van der Waals surface area contributed by atoms with E-state index < -0.39 is 5.60 Å². The highest BCUT2D eigenvalue weighted by atomic mass is 79.9. The third-order valence-corrected chi connectivity index (χ3v) is 3.09. The van der Waals surface area contributed by atoms with Gasteiger partial charge in [-0.25, -0.2) is 0 Å². The molecule has 0 amide bonds. The van der Waals surface area contributed by atoms with Gasteiger partial charge in [-0.05, 0) is 34.5 Å². The van der Waals surface area contributed by atoms with Crippen molar-refractivity contribution in [3.8, 4) is 0 Å². The molecule has 1 saturated heterocycles. The Morgan fingerprint density at radius 2 is 2.57 bits per heavy atom. The summed E-state index contributed by atoms with van der Waals surface area (Å²) < 4.78 is 11.6. The van der Waals surface area contributed by atoms with Gasteiger partial charge < -0.3 is 9.47 Å². The summed E-state index contributed by atoms with van der Waals surface area (Å²) in [5, 5.41) is 0. The molecular weight excluding hydrogens is 248 g/mol. The summed E-state index contributed by atoms with van der Waals surface area (Å²) >= 11 is 3.39. The van der Waals surface area contributed by atoms with E-state index in [-0.39, 0.29) is 6.10 Å². The Labute approximate surface area is 90.9 Å². The number of hydrogen-bond acceptors (Lipinski definition) is 3. The molecule has 2 aliphatic rings. The number of allylic oxidation sites excluding steroid dienone is 1. The van der Waals surface area contributed by atoms with Crippen LogP contribution in [0.4, 0.5) is 0 Å². The maximum Gasteiger partial charge on any atom is 0.173 e. The molecule has 0 saturated carbocycles. The highest BCUT2D eigenvalue weighted by Gasteiger charge is 2.59. The van der Waals surface area contributed by atoms with Crippen molar-refractivity contribution in [2.75, 3.05) is 6.61 Å². The molecule has 2 unspecified atom stereocenters. The maximum atomic E-state index is 10.7. The van der Waals surface area contributed by atoms with Crippen LogP contribution in [-0.2, 0) is 14.3 Å². The van der Waals surface area contributed by atoms with E-state index in [1.165, 1.54) is 0 Å². The van der Waals surface area contributed by atoms with Crippen LogP contribution in [0.25, 0.3) is 0 Å². The Kier molecular flexibility index (Phi) is 2.49. The highest BCUT2D eigenvalue weighted by molar-refractivity contribution is 9.11. The summed E-state index contributed by atoms with van der Waals surface area (Å²) in [5.41, 5.74) is -0.710. The topological polar surface area (TPSA) is 38.8 Å². The van der Waals surface area contributed by atoms with E-state index in [0.29, 0.717) is 6.61 Å². The standard InChI is InChI=1S/C10H11BrO3/c1-2-5-13-7-3-4-10(6-12)9(14-10)8(7)11/h3-4,6,9H,2,5H2,1H3. The number of halogens is 1. The van der Waals surface area contributed by atoms with Gasteiger partial charge in [0.25, 0.3) is 0 Å². The molecule has 14 heavy (non-hydrogen) atoms. The minimum atomic E-state index is -0.710. The molecule has 2 atom stereocenters. The summed E-state index contributed by atoms with van der Waals surface area (Å²) in [7, 11) is 0.